The number of halogens is 1. The number of hydrogen-bond acceptors (Lipinski definition) is 7. The van der Waals surface area contributed by atoms with E-state index in [1.807, 2.05) is 6.07 Å². The Morgan fingerprint density at radius 1 is 1.26 bits per heavy atom. The van der Waals surface area contributed by atoms with E-state index in [1.165, 1.54) is 18.1 Å². The standard InChI is InChI=1S/C26H27FN4O5S2/c1-26(2)8-6-14(7-9-26)15-4-5-16(18-12-28-30-23(15)18)24-29-22(13-37-24)38(34,35)31-20-11-19(27)17(25(32)33)10-21(20)36-3/h4-5,10-14,31H,6-9H2,1-3H3,(H,28,30)(H,32,33). The topological polar surface area (TPSA) is 134 Å². The number of anilines is 1. The lowest BCUT2D eigenvalue weighted by atomic mass is 9.71. The van der Waals surface area contributed by atoms with Crippen LogP contribution >= 0.6 is 11.3 Å². The fourth-order valence-corrected chi connectivity index (χ4v) is 7.16. The quantitative estimate of drug-likeness (QED) is 0.253. The zero-order chi connectivity index (χ0) is 27.2. The van der Waals surface area contributed by atoms with E-state index in [9.17, 15) is 17.6 Å². The number of nitrogens with zero attached hydrogens (tertiary/aromatic N) is 2. The normalized spacial score (nSPS) is 16.0. The molecule has 12 heteroatoms. The van der Waals surface area contributed by atoms with Crippen LogP contribution in [0.5, 0.6) is 5.75 Å². The third-order valence-corrected chi connectivity index (χ3v) is 9.45. The van der Waals surface area contributed by atoms with Gasteiger partial charge in [-0.1, -0.05) is 26.0 Å². The number of carbonyl (C=O) groups is 1. The first-order valence-corrected chi connectivity index (χ1v) is 14.4. The molecule has 4 aromatic rings. The van der Waals surface area contributed by atoms with Crippen LogP contribution in [-0.4, -0.2) is 41.8 Å². The van der Waals surface area contributed by atoms with E-state index in [2.05, 4.69) is 39.8 Å². The average Bonchev–Trinajstić information content (AvgIpc) is 3.54. The lowest BCUT2D eigenvalue weighted by molar-refractivity contribution is 0.0691. The molecule has 1 aliphatic rings. The zero-order valence-corrected chi connectivity index (χ0v) is 22.7. The number of methoxy groups -OCH3 is 1. The van der Waals surface area contributed by atoms with Crippen molar-refractivity contribution in [3.63, 3.8) is 0 Å². The van der Waals surface area contributed by atoms with Gasteiger partial charge in [0.2, 0.25) is 0 Å². The first-order chi connectivity index (χ1) is 18.0. The van der Waals surface area contributed by atoms with Crippen molar-refractivity contribution in [2.45, 2.75) is 50.5 Å². The third-order valence-electron chi connectivity index (χ3n) is 7.18. The lowest BCUT2D eigenvalue weighted by Crippen LogP contribution is -2.20. The maximum absolute atomic E-state index is 14.2. The molecule has 0 bridgehead atoms. The second-order valence-electron chi connectivity index (χ2n) is 10.2. The van der Waals surface area contributed by atoms with Gasteiger partial charge in [0.25, 0.3) is 10.0 Å². The fraction of sp³-hybridized carbons (Fsp3) is 0.346. The number of ether oxygens (including phenoxy) is 1. The van der Waals surface area contributed by atoms with Crippen molar-refractivity contribution < 1.29 is 27.4 Å². The van der Waals surface area contributed by atoms with Crippen LogP contribution in [0.3, 0.4) is 0 Å². The van der Waals surface area contributed by atoms with Gasteiger partial charge in [-0.2, -0.15) is 13.5 Å². The van der Waals surface area contributed by atoms with Crippen molar-refractivity contribution >= 4 is 43.9 Å². The molecule has 2 aromatic carbocycles. The van der Waals surface area contributed by atoms with Crippen LogP contribution in [-0.2, 0) is 10.0 Å². The molecule has 2 aromatic heterocycles. The second-order valence-corrected chi connectivity index (χ2v) is 12.7. The zero-order valence-electron chi connectivity index (χ0n) is 21.0. The average molecular weight is 559 g/mol. The Kier molecular flexibility index (Phi) is 6.64. The highest BCUT2D eigenvalue weighted by atomic mass is 32.2. The number of sulfonamides is 1. The van der Waals surface area contributed by atoms with Crippen LogP contribution < -0.4 is 9.46 Å². The summed E-state index contributed by atoms with van der Waals surface area (Å²) in [5.41, 5.74) is 2.39. The SMILES string of the molecule is COc1cc(C(=O)O)c(F)cc1NS(=O)(=O)c1csc(-c2ccc(C3CCC(C)(C)CC3)c3[nH]ncc23)n1. The monoisotopic (exact) mass is 558 g/mol. The van der Waals surface area contributed by atoms with Gasteiger partial charge < -0.3 is 9.84 Å². The molecule has 0 saturated heterocycles. The molecule has 0 aliphatic heterocycles. The molecular formula is C26H27FN4O5S2. The summed E-state index contributed by atoms with van der Waals surface area (Å²) in [5.74, 6) is -2.30. The number of carboxylic acid groups (broad SMARTS) is 1. The number of aromatic amines is 1. The van der Waals surface area contributed by atoms with E-state index in [1.54, 1.807) is 6.20 Å². The van der Waals surface area contributed by atoms with Crippen molar-refractivity contribution in [2.24, 2.45) is 5.41 Å². The van der Waals surface area contributed by atoms with Crippen molar-refractivity contribution in [3.8, 4) is 16.3 Å². The molecule has 0 radical (unpaired) electrons. The van der Waals surface area contributed by atoms with Gasteiger partial charge in [0.05, 0.1) is 30.1 Å². The molecule has 1 fully saturated rings. The van der Waals surface area contributed by atoms with Crippen molar-refractivity contribution in [1.82, 2.24) is 15.2 Å². The number of nitrogens with one attached hydrogen (secondary N) is 2. The molecule has 38 heavy (non-hydrogen) atoms. The Balaban J connectivity index is 1.44. The van der Waals surface area contributed by atoms with Crippen LogP contribution in [0.25, 0.3) is 21.5 Å². The van der Waals surface area contributed by atoms with Gasteiger partial charge in [0.15, 0.2) is 5.03 Å². The molecule has 3 N–H and O–H groups in total. The van der Waals surface area contributed by atoms with Gasteiger partial charge in [-0.25, -0.2) is 14.2 Å². The predicted octanol–water partition coefficient (Wildman–Crippen LogP) is 6.02. The molecular weight excluding hydrogens is 531 g/mol. The maximum Gasteiger partial charge on any atom is 0.338 e. The van der Waals surface area contributed by atoms with Crippen LogP contribution in [0.15, 0.2) is 40.9 Å². The highest BCUT2D eigenvalue weighted by Gasteiger charge is 2.29. The minimum atomic E-state index is -4.23. The van der Waals surface area contributed by atoms with Gasteiger partial charge in [0, 0.05) is 22.4 Å². The summed E-state index contributed by atoms with van der Waals surface area (Å²) in [7, 11) is -3.00. The number of H-pyrrole nitrogens is 1. The highest BCUT2D eigenvalue weighted by molar-refractivity contribution is 7.92. The molecule has 2 heterocycles. The molecule has 0 atom stereocenters. The van der Waals surface area contributed by atoms with E-state index in [0.717, 1.165) is 65.6 Å². The number of hydrogen-bond donors (Lipinski definition) is 3. The number of thiazole rings is 1. The van der Waals surface area contributed by atoms with Crippen LogP contribution in [0.1, 0.15) is 61.4 Å². The Hall–Kier alpha value is -3.51. The number of fused-ring (bicyclic) bond motifs is 1. The molecule has 1 saturated carbocycles. The maximum atomic E-state index is 14.2. The minimum Gasteiger partial charge on any atom is -0.495 e. The van der Waals surface area contributed by atoms with Crippen molar-refractivity contribution in [3.05, 3.63) is 52.8 Å². The summed E-state index contributed by atoms with van der Waals surface area (Å²) in [6.45, 7) is 4.61. The number of rotatable bonds is 7. The first-order valence-electron chi connectivity index (χ1n) is 12.0. The fourth-order valence-electron chi connectivity index (χ4n) is 4.96. The lowest BCUT2D eigenvalue weighted by Gasteiger charge is -2.34. The third kappa shape index (κ3) is 4.85. The van der Waals surface area contributed by atoms with Gasteiger partial charge in [-0.15, -0.1) is 11.3 Å². The largest absolute Gasteiger partial charge is 0.495 e. The molecule has 1 aliphatic carbocycles. The second kappa shape index (κ2) is 9.66. The summed E-state index contributed by atoms with van der Waals surface area (Å²) in [5, 5.41) is 19.0. The van der Waals surface area contributed by atoms with Crippen molar-refractivity contribution in [2.75, 3.05) is 11.8 Å². The Bertz CT molecular complexity index is 1630. The number of aromatic nitrogens is 3. The Labute approximate surface area is 223 Å². The molecule has 0 unspecified atom stereocenters. The smallest absolute Gasteiger partial charge is 0.338 e. The summed E-state index contributed by atoms with van der Waals surface area (Å²) < 4.78 is 47.8. The number of carboxylic acids is 1. The molecule has 200 valence electrons. The van der Waals surface area contributed by atoms with Crippen LogP contribution in [0, 0.1) is 11.2 Å². The summed E-state index contributed by atoms with van der Waals surface area (Å²) >= 11 is 1.16. The first kappa shape index (κ1) is 26.1. The van der Waals surface area contributed by atoms with E-state index in [0.29, 0.717) is 16.3 Å². The van der Waals surface area contributed by atoms with Gasteiger partial charge in [0.1, 0.15) is 16.6 Å². The number of benzene rings is 2. The summed E-state index contributed by atoms with van der Waals surface area (Å²) in [6.07, 6.45) is 6.24. The molecule has 0 amide bonds. The van der Waals surface area contributed by atoms with Gasteiger partial charge >= 0.3 is 5.97 Å². The van der Waals surface area contributed by atoms with Crippen LogP contribution in [0.2, 0.25) is 0 Å². The number of aromatic carboxylic acids is 1. The van der Waals surface area contributed by atoms with Crippen molar-refractivity contribution in [1.29, 1.82) is 0 Å². The molecule has 9 nitrogen and oxygen atoms in total. The summed E-state index contributed by atoms with van der Waals surface area (Å²) in [4.78, 5) is 15.6. The van der Waals surface area contributed by atoms with Gasteiger partial charge in [-0.3, -0.25) is 9.82 Å². The molecule has 0 spiro atoms. The summed E-state index contributed by atoms with van der Waals surface area (Å²) in [6, 6.07) is 5.72. The van der Waals surface area contributed by atoms with E-state index in [4.69, 9.17) is 9.84 Å². The highest BCUT2D eigenvalue weighted by Crippen LogP contribution is 2.45. The van der Waals surface area contributed by atoms with Crippen LogP contribution in [0.4, 0.5) is 10.1 Å². The predicted molar refractivity (Wildman–Crippen MR) is 143 cm³/mol. The molecule has 5 rings (SSSR count). The van der Waals surface area contributed by atoms with E-state index < -0.39 is 27.4 Å². The van der Waals surface area contributed by atoms with Gasteiger partial charge in [-0.05, 0) is 48.6 Å². The Morgan fingerprint density at radius 3 is 2.68 bits per heavy atom. The Morgan fingerprint density at radius 2 is 2.00 bits per heavy atom. The van der Waals surface area contributed by atoms with E-state index in [-0.39, 0.29) is 16.5 Å². The minimum absolute atomic E-state index is 0.135. The van der Waals surface area contributed by atoms with E-state index >= 15 is 0 Å².